The normalized spacial score (nSPS) is 10.7. The van der Waals surface area contributed by atoms with Crippen molar-refractivity contribution in [3.63, 3.8) is 0 Å². The van der Waals surface area contributed by atoms with Crippen molar-refractivity contribution < 1.29 is 0 Å². The summed E-state index contributed by atoms with van der Waals surface area (Å²) in [5.41, 5.74) is 8.51. The lowest BCUT2D eigenvalue weighted by molar-refractivity contribution is 1.28. The Morgan fingerprint density at radius 3 is 2.50 bits per heavy atom. The summed E-state index contributed by atoms with van der Waals surface area (Å²) < 4.78 is 0. The number of hydrogen-bond acceptors (Lipinski definition) is 2. The first-order chi connectivity index (χ1) is 8.77. The number of nitrogens with one attached hydrogen (secondary N) is 1. The van der Waals surface area contributed by atoms with Gasteiger partial charge in [0.05, 0.1) is 0 Å². The molecule has 0 radical (unpaired) electrons. The van der Waals surface area contributed by atoms with Gasteiger partial charge in [0.2, 0.25) is 0 Å². The molecule has 0 aliphatic heterocycles. The van der Waals surface area contributed by atoms with Gasteiger partial charge in [-0.25, -0.2) is 0 Å². The van der Waals surface area contributed by atoms with Crippen molar-refractivity contribution in [1.82, 2.24) is 4.98 Å². The summed E-state index contributed by atoms with van der Waals surface area (Å²) in [6.07, 6.45) is 1.72. The molecule has 0 amide bonds. The van der Waals surface area contributed by atoms with Crippen LogP contribution < -0.4 is 11.3 Å². The van der Waals surface area contributed by atoms with E-state index in [0.29, 0.717) is 11.1 Å². The maximum atomic E-state index is 11.8. The highest BCUT2D eigenvalue weighted by Gasteiger charge is 2.08. The van der Waals surface area contributed by atoms with Gasteiger partial charge in [-0.3, -0.25) is 4.79 Å². The number of nitrogen functional groups attached to an aromatic ring is 1. The molecule has 2 aromatic carbocycles. The van der Waals surface area contributed by atoms with Gasteiger partial charge >= 0.3 is 0 Å². The summed E-state index contributed by atoms with van der Waals surface area (Å²) in [6, 6.07) is 15.3. The van der Waals surface area contributed by atoms with E-state index in [1.807, 2.05) is 36.4 Å². The maximum Gasteiger partial charge on any atom is 0.255 e. The van der Waals surface area contributed by atoms with E-state index in [1.54, 1.807) is 18.3 Å². The molecule has 0 atom stereocenters. The van der Waals surface area contributed by atoms with Crippen LogP contribution in [0, 0.1) is 0 Å². The molecule has 0 spiro atoms. The van der Waals surface area contributed by atoms with Crippen LogP contribution in [0.1, 0.15) is 0 Å². The molecule has 1 heterocycles. The molecule has 3 aromatic rings. The standard InChI is InChI=1S/C15H12N2O/c16-13-8-4-7-11-14(13)12(9-17-15(11)18)10-5-2-1-3-6-10/h1-9H,16H2,(H,17,18). The number of aromatic amines is 1. The van der Waals surface area contributed by atoms with Crippen LogP contribution in [-0.4, -0.2) is 4.98 Å². The Kier molecular flexibility index (Phi) is 2.38. The average molecular weight is 236 g/mol. The highest BCUT2D eigenvalue weighted by Crippen LogP contribution is 2.29. The topological polar surface area (TPSA) is 58.9 Å². The quantitative estimate of drug-likeness (QED) is 0.638. The molecule has 88 valence electrons. The van der Waals surface area contributed by atoms with Crippen LogP contribution >= 0.6 is 0 Å². The van der Waals surface area contributed by atoms with Crippen LogP contribution in [0.25, 0.3) is 21.9 Å². The average Bonchev–Trinajstić information content (AvgIpc) is 2.41. The molecule has 3 rings (SSSR count). The minimum Gasteiger partial charge on any atom is -0.398 e. The summed E-state index contributed by atoms with van der Waals surface area (Å²) in [4.78, 5) is 14.6. The van der Waals surface area contributed by atoms with Gasteiger partial charge in [-0.2, -0.15) is 0 Å². The number of H-pyrrole nitrogens is 1. The number of hydrogen-bond donors (Lipinski definition) is 2. The van der Waals surface area contributed by atoms with E-state index in [1.165, 1.54) is 0 Å². The van der Waals surface area contributed by atoms with Crippen LogP contribution in [0.4, 0.5) is 5.69 Å². The fourth-order valence-corrected chi connectivity index (χ4v) is 2.19. The summed E-state index contributed by atoms with van der Waals surface area (Å²) in [5, 5.41) is 1.43. The van der Waals surface area contributed by atoms with Crippen molar-refractivity contribution in [3.05, 3.63) is 65.1 Å². The van der Waals surface area contributed by atoms with Gasteiger partial charge in [0.15, 0.2) is 0 Å². The second-order valence-electron chi connectivity index (χ2n) is 4.17. The number of rotatable bonds is 1. The van der Waals surface area contributed by atoms with Gasteiger partial charge in [-0.15, -0.1) is 0 Å². The Morgan fingerprint density at radius 1 is 0.944 bits per heavy atom. The van der Waals surface area contributed by atoms with E-state index in [2.05, 4.69) is 4.98 Å². The molecule has 0 bridgehead atoms. The van der Waals surface area contributed by atoms with E-state index >= 15 is 0 Å². The van der Waals surface area contributed by atoms with Crippen LogP contribution in [0.3, 0.4) is 0 Å². The molecular formula is C15H12N2O. The van der Waals surface area contributed by atoms with Crippen molar-refractivity contribution in [3.8, 4) is 11.1 Å². The Bertz CT molecular complexity index is 760. The highest BCUT2D eigenvalue weighted by atomic mass is 16.1. The lowest BCUT2D eigenvalue weighted by atomic mass is 10.00. The van der Waals surface area contributed by atoms with Crippen molar-refractivity contribution >= 4 is 16.5 Å². The fraction of sp³-hybridized carbons (Fsp3) is 0. The van der Waals surface area contributed by atoms with Gasteiger partial charge in [0.25, 0.3) is 5.56 Å². The third-order valence-electron chi connectivity index (χ3n) is 3.04. The lowest BCUT2D eigenvalue weighted by Crippen LogP contribution is -2.07. The van der Waals surface area contributed by atoms with Gasteiger partial charge < -0.3 is 10.7 Å². The van der Waals surface area contributed by atoms with Crippen LogP contribution in [0.15, 0.2) is 59.5 Å². The van der Waals surface area contributed by atoms with Crippen molar-refractivity contribution in [1.29, 1.82) is 0 Å². The van der Waals surface area contributed by atoms with Gasteiger partial charge in [0.1, 0.15) is 0 Å². The van der Waals surface area contributed by atoms with Crippen LogP contribution in [0.2, 0.25) is 0 Å². The molecule has 3 heteroatoms. The second-order valence-corrected chi connectivity index (χ2v) is 4.17. The molecule has 0 aliphatic rings. The van der Waals surface area contributed by atoms with E-state index in [0.717, 1.165) is 16.5 Å². The molecule has 0 saturated carbocycles. The van der Waals surface area contributed by atoms with Crippen molar-refractivity contribution in [2.75, 3.05) is 5.73 Å². The molecule has 1 aromatic heterocycles. The van der Waals surface area contributed by atoms with E-state index in [-0.39, 0.29) is 5.56 Å². The minimum absolute atomic E-state index is 0.114. The third kappa shape index (κ3) is 1.57. The second kappa shape index (κ2) is 4.04. The maximum absolute atomic E-state index is 11.8. The summed E-state index contributed by atoms with van der Waals surface area (Å²) in [7, 11) is 0. The molecule has 3 N–H and O–H groups in total. The number of fused-ring (bicyclic) bond motifs is 1. The number of pyridine rings is 1. The monoisotopic (exact) mass is 236 g/mol. The first kappa shape index (κ1) is 10.6. The van der Waals surface area contributed by atoms with E-state index in [4.69, 9.17) is 5.73 Å². The van der Waals surface area contributed by atoms with Crippen LogP contribution in [-0.2, 0) is 0 Å². The zero-order valence-corrected chi connectivity index (χ0v) is 9.68. The Balaban J connectivity index is 2.45. The van der Waals surface area contributed by atoms with E-state index in [9.17, 15) is 4.79 Å². The minimum atomic E-state index is -0.114. The third-order valence-corrected chi connectivity index (χ3v) is 3.04. The lowest BCUT2D eigenvalue weighted by Gasteiger charge is -2.08. The highest BCUT2D eigenvalue weighted by molar-refractivity contribution is 6.03. The first-order valence-electron chi connectivity index (χ1n) is 5.72. The summed E-state index contributed by atoms with van der Waals surface area (Å²) in [6.45, 7) is 0. The van der Waals surface area contributed by atoms with E-state index < -0.39 is 0 Å². The fourth-order valence-electron chi connectivity index (χ4n) is 2.19. The smallest absolute Gasteiger partial charge is 0.255 e. The molecule has 18 heavy (non-hydrogen) atoms. The molecule has 0 fully saturated rings. The Labute approximate surface area is 104 Å². The Hall–Kier alpha value is -2.55. The molecule has 0 saturated heterocycles. The number of aromatic nitrogens is 1. The van der Waals surface area contributed by atoms with Gasteiger partial charge in [0, 0.05) is 28.2 Å². The number of benzene rings is 2. The zero-order valence-electron chi connectivity index (χ0n) is 9.68. The van der Waals surface area contributed by atoms with Crippen molar-refractivity contribution in [2.45, 2.75) is 0 Å². The molecule has 3 nitrogen and oxygen atoms in total. The molecule has 0 unspecified atom stereocenters. The first-order valence-corrected chi connectivity index (χ1v) is 5.72. The Morgan fingerprint density at radius 2 is 1.72 bits per heavy atom. The van der Waals surface area contributed by atoms with Crippen LogP contribution in [0.5, 0.6) is 0 Å². The number of nitrogens with two attached hydrogens (primary N) is 1. The number of anilines is 1. The predicted molar refractivity (Wildman–Crippen MR) is 74.4 cm³/mol. The molecular weight excluding hydrogens is 224 g/mol. The predicted octanol–water partition coefficient (Wildman–Crippen LogP) is 2.78. The van der Waals surface area contributed by atoms with Crippen molar-refractivity contribution in [2.24, 2.45) is 0 Å². The zero-order chi connectivity index (χ0) is 12.5. The molecule has 0 aliphatic carbocycles. The van der Waals surface area contributed by atoms with Gasteiger partial charge in [-0.05, 0) is 17.7 Å². The summed E-state index contributed by atoms with van der Waals surface area (Å²) >= 11 is 0. The van der Waals surface area contributed by atoms with Gasteiger partial charge in [-0.1, -0.05) is 36.4 Å². The largest absolute Gasteiger partial charge is 0.398 e. The summed E-state index contributed by atoms with van der Waals surface area (Å²) in [5.74, 6) is 0. The SMILES string of the molecule is Nc1cccc2c(=O)[nH]cc(-c3ccccc3)c12.